The minimum absolute atomic E-state index is 0.909. The van der Waals surface area contributed by atoms with Crippen molar-refractivity contribution in [2.24, 2.45) is 17.8 Å². The Kier molecular flexibility index (Phi) is 2.90. The van der Waals surface area contributed by atoms with Gasteiger partial charge in [-0.25, -0.2) is 0 Å². The molecular weight excluding hydrogens is 143 g/mol. The molecule has 1 heterocycles. The van der Waals surface area contributed by atoms with Crippen LogP contribution in [0.3, 0.4) is 0 Å². The van der Waals surface area contributed by atoms with E-state index >= 15 is 0 Å². The van der Waals surface area contributed by atoms with Crippen molar-refractivity contribution in [1.29, 1.82) is 0 Å². The lowest BCUT2D eigenvalue weighted by molar-refractivity contribution is 0.238. The van der Waals surface area contributed by atoms with Crippen LogP contribution in [0.2, 0.25) is 18.5 Å². The Morgan fingerprint density at radius 3 is 1.33 bits per heavy atom. The molecule has 1 aliphatic rings. The van der Waals surface area contributed by atoms with E-state index in [0.717, 1.165) is 36.1 Å². The Morgan fingerprint density at radius 1 is 0.667 bits per heavy atom. The quantitative estimate of drug-likeness (QED) is 0.480. The van der Waals surface area contributed by atoms with Gasteiger partial charge in [0.15, 0.2) is 0 Å². The predicted molar refractivity (Wildman–Crippen MR) is 58.0 cm³/mol. The van der Waals surface area contributed by atoms with Gasteiger partial charge in [0.1, 0.15) is 6.71 Å². The summed E-state index contributed by atoms with van der Waals surface area (Å²) in [6.45, 7) is 15.5. The summed E-state index contributed by atoms with van der Waals surface area (Å²) < 4.78 is 0. The highest BCUT2D eigenvalue weighted by atomic mass is 14.3. The lowest BCUT2D eigenvalue weighted by Gasteiger charge is -2.44. The second-order valence-corrected chi connectivity index (χ2v) is 5.15. The predicted octanol–water partition coefficient (Wildman–Crippen LogP) is 3.81. The Labute approximate surface area is 78.2 Å². The Balaban J connectivity index is 2.76. The number of rotatable bonds is 0. The van der Waals surface area contributed by atoms with Gasteiger partial charge in [0, 0.05) is 0 Å². The third-order valence-corrected chi connectivity index (χ3v) is 4.98. The molecule has 1 saturated heterocycles. The maximum atomic E-state index is 2.42. The van der Waals surface area contributed by atoms with Crippen LogP contribution < -0.4 is 0 Å². The van der Waals surface area contributed by atoms with E-state index in [1.54, 1.807) is 0 Å². The van der Waals surface area contributed by atoms with Crippen LogP contribution in [-0.2, 0) is 0 Å². The van der Waals surface area contributed by atoms with Gasteiger partial charge in [0.2, 0.25) is 0 Å². The maximum absolute atomic E-state index is 2.42. The summed E-state index contributed by atoms with van der Waals surface area (Å²) in [6, 6.07) is 0. The van der Waals surface area contributed by atoms with Gasteiger partial charge in [-0.05, 0) is 17.8 Å². The molecule has 12 heavy (non-hydrogen) atoms. The molecule has 4 atom stereocenters. The summed E-state index contributed by atoms with van der Waals surface area (Å²) in [5, 5.41) is 0. The standard InChI is InChI=1S/C11H23B/c1-7-8(2)10(4)12(6)11(5)9(7)3/h7-11H,1-6H3. The lowest BCUT2D eigenvalue weighted by Crippen LogP contribution is -2.40. The highest BCUT2D eigenvalue weighted by Gasteiger charge is 2.40. The van der Waals surface area contributed by atoms with E-state index in [2.05, 4.69) is 41.4 Å². The molecule has 0 aromatic rings. The van der Waals surface area contributed by atoms with Gasteiger partial charge in [-0.15, -0.1) is 0 Å². The molecule has 4 unspecified atom stereocenters. The first kappa shape index (κ1) is 10.1. The van der Waals surface area contributed by atoms with E-state index in [1.807, 2.05) is 0 Å². The van der Waals surface area contributed by atoms with Crippen molar-refractivity contribution in [3.05, 3.63) is 0 Å². The van der Waals surface area contributed by atoms with Crippen molar-refractivity contribution in [2.75, 3.05) is 0 Å². The van der Waals surface area contributed by atoms with Crippen molar-refractivity contribution >= 4 is 6.71 Å². The fraction of sp³-hybridized carbons (Fsp3) is 1.00. The molecule has 0 aromatic carbocycles. The van der Waals surface area contributed by atoms with Crippen molar-refractivity contribution in [2.45, 2.75) is 53.1 Å². The lowest BCUT2D eigenvalue weighted by atomic mass is 9.28. The van der Waals surface area contributed by atoms with Crippen LogP contribution in [0.5, 0.6) is 0 Å². The second-order valence-electron chi connectivity index (χ2n) is 5.15. The van der Waals surface area contributed by atoms with Crippen molar-refractivity contribution < 1.29 is 0 Å². The first-order valence-corrected chi connectivity index (χ1v) is 5.46. The molecule has 0 radical (unpaired) electrons. The van der Waals surface area contributed by atoms with Gasteiger partial charge in [-0.2, -0.15) is 0 Å². The van der Waals surface area contributed by atoms with Crippen LogP contribution in [0.1, 0.15) is 34.6 Å². The van der Waals surface area contributed by atoms with E-state index in [-0.39, 0.29) is 0 Å². The molecule has 0 bridgehead atoms. The normalized spacial score (nSPS) is 49.5. The monoisotopic (exact) mass is 166 g/mol. The van der Waals surface area contributed by atoms with E-state index < -0.39 is 0 Å². The smallest absolute Gasteiger partial charge is 0.0856 e. The minimum atomic E-state index is 0.909. The third-order valence-electron chi connectivity index (χ3n) is 4.98. The topological polar surface area (TPSA) is 0 Å². The molecule has 0 aliphatic carbocycles. The Bertz CT molecular complexity index is 96.6. The zero-order chi connectivity index (χ0) is 9.46. The van der Waals surface area contributed by atoms with E-state index in [0.29, 0.717) is 0 Å². The SMILES string of the molecule is CB1C(C)C(C)C(C)C(C)C1C. The molecule has 0 saturated carbocycles. The minimum Gasteiger partial charge on any atom is -0.0856 e. The molecular formula is C11H23B. The summed E-state index contributed by atoms with van der Waals surface area (Å²) in [5.74, 6) is 4.54. The molecule has 1 rings (SSSR count). The van der Waals surface area contributed by atoms with Crippen LogP contribution in [0.4, 0.5) is 0 Å². The molecule has 0 amide bonds. The fourth-order valence-electron chi connectivity index (χ4n) is 2.87. The summed E-state index contributed by atoms with van der Waals surface area (Å²) in [5.41, 5.74) is 0. The van der Waals surface area contributed by atoms with Gasteiger partial charge in [-0.3, -0.25) is 0 Å². The average molecular weight is 166 g/mol. The second kappa shape index (κ2) is 3.43. The van der Waals surface area contributed by atoms with Crippen LogP contribution in [0.25, 0.3) is 0 Å². The molecule has 1 aliphatic heterocycles. The zero-order valence-corrected chi connectivity index (χ0v) is 9.46. The summed E-state index contributed by atoms with van der Waals surface area (Å²) >= 11 is 0. The van der Waals surface area contributed by atoms with Gasteiger partial charge in [0.05, 0.1) is 0 Å². The van der Waals surface area contributed by atoms with Crippen molar-refractivity contribution in [3.63, 3.8) is 0 Å². The third kappa shape index (κ3) is 1.43. The molecule has 0 spiro atoms. The van der Waals surface area contributed by atoms with Crippen LogP contribution in [0.15, 0.2) is 0 Å². The van der Waals surface area contributed by atoms with Gasteiger partial charge >= 0.3 is 0 Å². The van der Waals surface area contributed by atoms with Gasteiger partial charge in [-0.1, -0.05) is 53.1 Å². The zero-order valence-electron chi connectivity index (χ0n) is 9.46. The highest BCUT2D eigenvalue weighted by molar-refractivity contribution is 6.60. The molecule has 1 fully saturated rings. The number of hydrogen-bond acceptors (Lipinski definition) is 0. The summed E-state index contributed by atoms with van der Waals surface area (Å²) in [6.07, 6.45) is 0. The van der Waals surface area contributed by atoms with Crippen molar-refractivity contribution in [3.8, 4) is 0 Å². The number of hydrogen-bond donors (Lipinski definition) is 0. The Hall–Kier alpha value is 0.0649. The molecule has 0 aromatic heterocycles. The van der Waals surface area contributed by atoms with E-state index in [4.69, 9.17) is 0 Å². The molecule has 0 nitrogen and oxygen atoms in total. The largest absolute Gasteiger partial charge is 0.143 e. The average Bonchev–Trinajstić information content (AvgIpc) is 2.08. The first-order valence-electron chi connectivity index (χ1n) is 5.46. The maximum Gasteiger partial charge on any atom is 0.143 e. The molecule has 70 valence electrons. The van der Waals surface area contributed by atoms with Gasteiger partial charge < -0.3 is 0 Å². The fourth-order valence-corrected chi connectivity index (χ4v) is 2.87. The summed E-state index contributed by atoms with van der Waals surface area (Å²) in [7, 11) is 0. The molecule has 1 heteroatoms. The Morgan fingerprint density at radius 2 is 1.00 bits per heavy atom. The van der Waals surface area contributed by atoms with Crippen molar-refractivity contribution in [1.82, 2.24) is 0 Å². The highest BCUT2D eigenvalue weighted by Crippen LogP contribution is 2.46. The van der Waals surface area contributed by atoms with Crippen LogP contribution >= 0.6 is 0 Å². The van der Waals surface area contributed by atoms with Crippen LogP contribution in [0, 0.1) is 17.8 Å². The van der Waals surface area contributed by atoms with Gasteiger partial charge in [0.25, 0.3) is 0 Å². The summed E-state index contributed by atoms with van der Waals surface area (Å²) in [4.78, 5) is 0. The first-order chi connectivity index (χ1) is 5.46. The van der Waals surface area contributed by atoms with Crippen LogP contribution in [-0.4, -0.2) is 6.71 Å². The van der Waals surface area contributed by atoms with E-state index in [9.17, 15) is 0 Å². The van der Waals surface area contributed by atoms with E-state index in [1.165, 1.54) is 0 Å². The molecule has 0 N–H and O–H groups in total.